The van der Waals surface area contributed by atoms with Crippen molar-refractivity contribution < 1.29 is 19.8 Å². The van der Waals surface area contributed by atoms with Crippen molar-refractivity contribution in [3.8, 4) is 0 Å². The Morgan fingerprint density at radius 3 is 2.71 bits per heavy atom. The Balaban J connectivity index is 2.72. The van der Waals surface area contributed by atoms with Crippen molar-refractivity contribution in [1.29, 1.82) is 0 Å². The van der Waals surface area contributed by atoms with Crippen LogP contribution in [0.2, 0.25) is 0 Å². The topological polar surface area (TPSA) is 89.5 Å². The highest BCUT2D eigenvalue weighted by Gasteiger charge is 2.02. The number of amides is 1. The van der Waals surface area contributed by atoms with Gasteiger partial charge in [-0.15, -0.1) is 0 Å². The Hall–Kier alpha value is -2.14. The zero-order valence-corrected chi connectivity index (χ0v) is 9.21. The zero-order chi connectivity index (χ0) is 12.8. The first-order chi connectivity index (χ1) is 7.99. The molecule has 0 spiro atoms. The molecule has 17 heavy (non-hydrogen) atoms. The first-order valence-electron chi connectivity index (χ1n) is 4.97. The standard InChI is InChI=1S/C12H13NO4/c1-8(14)9-3-2-4-10(7-9)13-11(15)5-6-12(16)17/h2-8,14H,1H3,(H,13,15)(H,16,17)/p-1/t8-/m1/s1. The number of aliphatic carboxylic acids is 1. The predicted octanol–water partition coefficient (Wildman–Crippen LogP) is -0.0155. The Labute approximate surface area is 98.4 Å². The fourth-order valence-corrected chi connectivity index (χ4v) is 1.20. The number of benzene rings is 1. The summed E-state index contributed by atoms with van der Waals surface area (Å²) in [6.07, 6.45) is 0.878. The van der Waals surface area contributed by atoms with Gasteiger partial charge >= 0.3 is 0 Å². The van der Waals surface area contributed by atoms with Gasteiger partial charge in [0.15, 0.2) is 0 Å². The molecular formula is C12H12NO4-. The summed E-state index contributed by atoms with van der Waals surface area (Å²) in [5.41, 5.74) is 1.14. The molecule has 0 unspecified atom stereocenters. The van der Waals surface area contributed by atoms with Gasteiger partial charge in [0.1, 0.15) is 0 Å². The van der Waals surface area contributed by atoms with Crippen LogP contribution in [0.4, 0.5) is 5.69 Å². The van der Waals surface area contributed by atoms with Gasteiger partial charge in [-0.2, -0.15) is 0 Å². The van der Waals surface area contributed by atoms with Crippen molar-refractivity contribution in [3.63, 3.8) is 0 Å². The third kappa shape index (κ3) is 4.48. The minimum Gasteiger partial charge on any atom is -0.545 e. The summed E-state index contributed by atoms with van der Waals surface area (Å²) < 4.78 is 0. The highest BCUT2D eigenvalue weighted by Crippen LogP contribution is 2.16. The molecule has 0 bridgehead atoms. The van der Waals surface area contributed by atoms with Crippen LogP contribution >= 0.6 is 0 Å². The Morgan fingerprint density at radius 2 is 2.12 bits per heavy atom. The smallest absolute Gasteiger partial charge is 0.248 e. The van der Waals surface area contributed by atoms with E-state index in [2.05, 4.69) is 5.32 Å². The van der Waals surface area contributed by atoms with Gasteiger partial charge < -0.3 is 20.3 Å². The average Bonchev–Trinajstić information content (AvgIpc) is 2.26. The summed E-state index contributed by atoms with van der Waals surface area (Å²) in [4.78, 5) is 21.3. The second-order valence-corrected chi connectivity index (χ2v) is 3.44. The van der Waals surface area contributed by atoms with Crippen LogP contribution in [0.5, 0.6) is 0 Å². The van der Waals surface area contributed by atoms with E-state index >= 15 is 0 Å². The van der Waals surface area contributed by atoms with E-state index in [-0.39, 0.29) is 0 Å². The van der Waals surface area contributed by atoms with Gasteiger partial charge in [0, 0.05) is 11.8 Å². The fraction of sp³-hybridized carbons (Fsp3) is 0.167. The van der Waals surface area contributed by atoms with E-state index in [1.165, 1.54) is 0 Å². The van der Waals surface area contributed by atoms with Gasteiger partial charge in [-0.3, -0.25) is 4.79 Å². The van der Waals surface area contributed by atoms with Crippen LogP contribution in [0.1, 0.15) is 18.6 Å². The minimum atomic E-state index is -1.43. The third-order valence-electron chi connectivity index (χ3n) is 2.01. The van der Waals surface area contributed by atoms with Crippen molar-refractivity contribution in [1.82, 2.24) is 0 Å². The number of rotatable bonds is 4. The summed E-state index contributed by atoms with van der Waals surface area (Å²) in [5.74, 6) is -2.00. The number of aliphatic hydroxyl groups is 1. The van der Waals surface area contributed by atoms with Crippen LogP contribution in [0.3, 0.4) is 0 Å². The molecule has 2 N–H and O–H groups in total. The molecule has 0 saturated heterocycles. The summed E-state index contributed by atoms with van der Waals surface area (Å²) >= 11 is 0. The number of carboxylic acids is 1. The molecule has 0 saturated carbocycles. The second-order valence-electron chi connectivity index (χ2n) is 3.44. The van der Waals surface area contributed by atoms with Gasteiger partial charge in [0.05, 0.1) is 12.1 Å². The second kappa shape index (κ2) is 5.81. The predicted molar refractivity (Wildman–Crippen MR) is 59.9 cm³/mol. The first-order valence-corrected chi connectivity index (χ1v) is 4.97. The molecule has 1 atom stereocenters. The molecule has 5 heteroatoms. The van der Waals surface area contributed by atoms with Crippen LogP contribution in [0, 0.1) is 0 Å². The summed E-state index contributed by atoms with van der Waals surface area (Å²) in [7, 11) is 0. The lowest BCUT2D eigenvalue weighted by Crippen LogP contribution is -2.20. The molecule has 0 aliphatic rings. The van der Waals surface area contributed by atoms with Gasteiger partial charge in [-0.25, -0.2) is 0 Å². The maximum absolute atomic E-state index is 11.2. The number of aliphatic hydroxyl groups excluding tert-OH is 1. The molecule has 1 aromatic rings. The molecule has 0 radical (unpaired) electrons. The van der Waals surface area contributed by atoms with E-state index in [1.54, 1.807) is 31.2 Å². The maximum Gasteiger partial charge on any atom is 0.248 e. The lowest BCUT2D eigenvalue weighted by molar-refractivity contribution is -0.297. The summed E-state index contributed by atoms with van der Waals surface area (Å²) in [6, 6.07) is 6.64. The monoisotopic (exact) mass is 234 g/mol. The van der Waals surface area contributed by atoms with Crippen LogP contribution in [0.15, 0.2) is 36.4 Å². The third-order valence-corrected chi connectivity index (χ3v) is 2.01. The largest absolute Gasteiger partial charge is 0.545 e. The van der Waals surface area contributed by atoms with E-state index in [1.807, 2.05) is 0 Å². The van der Waals surface area contributed by atoms with Gasteiger partial charge in [-0.1, -0.05) is 12.1 Å². The van der Waals surface area contributed by atoms with Gasteiger partial charge in [-0.05, 0) is 30.7 Å². The number of carbonyl (C=O) groups is 2. The maximum atomic E-state index is 11.2. The SMILES string of the molecule is C[C@@H](O)c1cccc(NC(=O)C=CC(=O)[O-])c1. The normalized spacial score (nSPS) is 12.4. The average molecular weight is 234 g/mol. The number of nitrogens with one attached hydrogen (secondary N) is 1. The zero-order valence-electron chi connectivity index (χ0n) is 9.21. The Bertz CT molecular complexity index is 452. The lowest BCUT2D eigenvalue weighted by atomic mass is 10.1. The quantitative estimate of drug-likeness (QED) is 0.717. The van der Waals surface area contributed by atoms with Gasteiger partial charge in [0.25, 0.3) is 0 Å². The Morgan fingerprint density at radius 1 is 1.41 bits per heavy atom. The lowest BCUT2D eigenvalue weighted by Gasteiger charge is -2.07. The van der Waals surface area contributed by atoms with Crippen molar-refractivity contribution in [2.75, 3.05) is 5.32 Å². The van der Waals surface area contributed by atoms with E-state index in [0.717, 1.165) is 6.08 Å². The minimum absolute atomic E-state index is 0.483. The molecule has 1 rings (SSSR count). The van der Waals surface area contributed by atoms with Crippen LogP contribution < -0.4 is 10.4 Å². The Kier molecular flexibility index (Phi) is 4.42. The van der Waals surface area contributed by atoms with E-state index in [9.17, 15) is 19.8 Å². The summed E-state index contributed by atoms with van der Waals surface area (Å²) in [6.45, 7) is 1.61. The van der Waals surface area contributed by atoms with Crippen molar-refractivity contribution in [2.24, 2.45) is 0 Å². The number of hydrogen-bond acceptors (Lipinski definition) is 4. The van der Waals surface area contributed by atoms with Crippen molar-refractivity contribution >= 4 is 17.6 Å². The van der Waals surface area contributed by atoms with Gasteiger partial charge in [0.2, 0.25) is 5.91 Å². The van der Waals surface area contributed by atoms with Crippen LogP contribution in [-0.4, -0.2) is 17.0 Å². The molecule has 0 heterocycles. The van der Waals surface area contributed by atoms with E-state index < -0.39 is 18.0 Å². The van der Waals surface area contributed by atoms with E-state index in [4.69, 9.17) is 0 Å². The number of hydrogen-bond donors (Lipinski definition) is 2. The number of carbonyl (C=O) groups excluding carboxylic acids is 2. The molecule has 1 aromatic carbocycles. The summed E-state index contributed by atoms with van der Waals surface area (Å²) in [5, 5.41) is 21.9. The molecule has 0 fully saturated rings. The highest BCUT2D eigenvalue weighted by molar-refractivity contribution is 6.02. The van der Waals surface area contributed by atoms with Crippen LogP contribution in [-0.2, 0) is 9.59 Å². The fourth-order valence-electron chi connectivity index (χ4n) is 1.20. The van der Waals surface area contributed by atoms with E-state index in [0.29, 0.717) is 17.3 Å². The molecule has 90 valence electrons. The van der Waals surface area contributed by atoms with Crippen LogP contribution in [0.25, 0.3) is 0 Å². The highest BCUT2D eigenvalue weighted by atomic mass is 16.4. The molecule has 5 nitrogen and oxygen atoms in total. The first kappa shape index (κ1) is 12.9. The molecule has 0 aliphatic heterocycles. The molecule has 0 aromatic heterocycles. The van der Waals surface area contributed by atoms with Crippen molar-refractivity contribution in [3.05, 3.63) is 42.0 Å². The molecule has 1 amide bonds. The molecular weight excluding hydrogens is 222 g/mol. The number of anilines is 1. The number of carboxylic acid groups (broad SMARTS) is 1. The van der Waals surface area contributed by atoms with Crippen molar-refractivity contribution in [2.45, 2.75) is 13.0 Å². The molecule has 0 aliphatic carbocycles.